The number of rotatable bonds is 5. The van der Waals surface area contributed by atoms with Gasteiger partial charge < -0.3 is 10.6 Å². The molecule has 5 nitrogen and oxygen atoms in total. The summed E-state index contributed by atoms with van der Waals surface area (Å²) in [6.45, 7) is 7.56. The smallest absolute Gasteiger partial charge is 0.226 e. The van der Waals surface area contributed by atoms with Crippen molar-refractivity contribution in [1.29, 1.82) is 0 Å². The van der Waals surface area contributed by atoms with Gasteiger partial charge in [-0.05, 0) is 37.5 Å². The average molecular weight is 336 g/mol. The van der Waals surface area contributed by atoms with Gasteiger partial charge in [-0.3, -0.25) is 14.8 Å². The quantitative estimate of drug-likeness (QED) is 0.882. The van der Waals surface area contributed by atoms with E-state index in [-0.39, 0.29) is 18.4 Å². The van der Waals surface area contributed by atoms with Gasteiger partial charge in [0.15, 0.2) is 0 Å². The molecule has 1 aliphatic heterocycles. The van der Waals surface area contributed by atoms with Crippen molar-refractivity contribution in [1.82, 2.24) is 15.6 Å². The number of hydrogen-bond acceptors (Lipinski definition) is 4. The molecule has 2 heterocycles. The summed E-state index contributed by atoms with van der Waals surface area (Å²) in [6.07, 6.45) is 2.12. The van der Waals surface area contributed by atoms with Crippen LogP contribution in [-0.4, -0.2) is 23.3 Å². The van der Waals surface area contributed by atoms with E-state index in [9.17, 15) is 4.79 Å². The number of benzene rings is 1. The van der Waals surface area contributed by atoms with Crippen LogP contribution in [0.15, 0.2) is 41.5 Å². The first-order chi connectivity index (χ1) is 12.1. The van der Waals surface area contributed by atoms with Crippen molar-refractivity contribution in [2.75, 3.05) is 6.54 Å². The third-order valence-electron chi connectivity index (χ3n) is 4.56. The fourth-order valence-corrected chi connectivity index (χ4v) is 3.11. The van der Waals surface area contributed by atoms with Crippen molar-refractivity contribution in [2.45, 2.75) is 39.8 Å². The topological polar surface area (TPSA) is 66.4 Å². The van der Waals surface area contributed by atoms with Crippen LogP contribution in [0, 0.1) is 6.92 Å². The number of pyridine rings is 1. The van der Waals surface area contributed by atoms with Crippen LogP contribution >= 0.6 is 0 Å². The highest BCUT2D eigenvalue weighted by Crippen LogP contribution is 2.23. The Morgan fingerprint density at radius 1 is 1.28 bits per heavy atom. The molecule has 2 aromatic rings. The molecule has 1 aliphatic rings. The second-order valence-corrected chi connectivity index (χ2v) is 6.29. The zero-order valence-corrected chi connectivity index (χ0v) is 15.0. The molecule has 0 saturated carbocycles. The Bertz CT molecular complexity index is 799. The minimum absolute atomic E-state index is 0.0160. The number of nitrogens with one attached hydrogen (secondary N) is 2. The molecule has 0 unspecified atom stereocenters. The van der Waals surface area contributed by atoms with Gasteiger partial charge in [-0.2, -0.15) is 0 Å². The molecule has 0 fully saturated rings. The number of amidine groups is 1. The molecule has 130 valence electrons. The molecule has 0 radical (unpaired) electrons. The highest BCUT2D eigenvalue weighted by atomic mass is 16.1. The van der Waals surface area contributed by atoms with Crippen LogP contribution in [0.1, 0.15) is 47.8 Å². The maximum Gasteiger partial charge on any atom is 0.226 e. The maximum atomic E-state index is 12.4. The van der Waals surface area contributed by atoms with Crippen molar-refractivity contribution in [2.24, 2.45) is 4.99 Å². The van der Waals surface area contributed by atoms with Gasteiger partial charge in [0.25, 0.3) is 0 Å². The molecular weight excluding hydrogens is 312 g/mol. The van der Waals surface area contributed by atoms with Gasteiger partial charge in [0.05, 0.1) is 24.7 Å². The molecule has 0 spiro atoms. The summed E-state index contributed by atoms with van der Waals surface area (Å²) in [5.74, 6) is 0.888. The van der Waals surface area contributed by atoms with E-state index in [0.717, 1.165) is 34.8 Å². The van der Waals surface area contributed by atoms with Crippen molar-refractivity contribution in [3.8, 4) is 0 Å². The van der Waals surface area contributed by atoms with Gasteiger partial charge >= 0.3 is 0 Å². The number of fused-ring (bicyclic) bond motifs is 1. The largest absolute Gasteiger partial charge is 0.370 e. The van der Waals surface area contributed by atoms with Crippen molar-refractivity contribution >= 4 is 11.7 Å². The minimum atomic E-state index is -0.0212. The third-order valence-corrected chi connectivity index (χ3v) is 4.56. The number of carbonyl (C=O) groups is 1. The van der Waals surface area contributed by atoms with E-state index in [1.807, 2.05) is 57.3 Å². The number of aliphatic imine (C=N–C) groups is 1. The van der Waals surface area contributed by atoms with Gasteiger partial charge in [0, 0.05) is 18.3 Å². The second-order valence-electron chi connectivity index (χ2n) is 6.29. The number of nitrogens with zero attached hydrogens (tertiary/aromatic N) is 2. The number of amides is 1. The molecule has 1 aromatic heterocycles. The van der Waals surface area contributed by atoms with Gasteiger partial charge in [-0.25, -0.2) is 0 Å². The van der Waals surface area contributed by atoms with Gasteiger partial charge in [-0.15, -0.1) is 0 Å². The van der Waals surface area contributed by atoms with Gasteiger partial charge in [0.1, 0.15) is 5.84 Å². The Kier molecular flexibility index (Phi) is 5.12. The van der Waals surface area contributed by atoms with E-state index < -0.39 is 0 Å². The Labute approximate surface area is 148 Å². The molecule has 3 rings (SSSR count). The summed E-state index contributed by atoms with van der Waals surface area (Å²) in [5.41, 5.74) is 5.21. The Balaban J connectivity index is 1.69. The van der Waals surface area contributed by atoms with Crippen LogP contribution in [-0.2, 0) is 17.8 Å². The summed E-state index contributed by atoms with van der Waals surface area (Å²) in [7, 11) is 0. The molecule has 1 atom stereocenters. The van der Waals surface area contributed by atoms with Crippen LogP contribution in [0.3, 0.4) is 0 Å². The molecule has 0 bridgehead atoms. The third kappa shape index (κ3) is 3.71. The van der Waals surface area contributed by atoms with Crippen LogP contribution in [0.25, 0.3) is 0 Å². The molecule has 0 saturated heterocycles. The van der Waals surface area contributed by atoms with Crippen LogP contribution in [0.5, 0.6) is 0 Å². The maximum absolute atomic E-state index is 12.4. The van der Waals surface area contributed by atoms with E-state index in [4.69, 9.17) is 0 Å². The predicted octanol–water partition coefficient (Wildman–Crippen LogP) is 2.68. The summed E-state index contributed by atoms with van der Waals surface area (Å²) >= 11 is 0. The predicted molar refractivity (Wildman–Crippen MR) is 99.6 cm³/mol. The summed E-state index contributed by atoms with van der Waals surface area (Å²) < 4.78 is 0. The number of aromatic nitrogens is 1. The van der Waals surface area contributed by atoms with Crippen LogP contribution < -0.4 is 10.6 Å². The fraction of sp³-hybridized carbons (Fsp3) is 0.350. The zero-order chi connectivity index (χ0) is 17.8. The van der Waals surface area contributed by atoms with Crippen molar-refractivity contribution in [3.63, 3.8) is 0 Å². The van der Waals surface area contributed by atoms with Crippen LogP contribution in [0.4, 0.5) is 0 Å². The first-order valence-corrected chi connectivity index (χ1v) is 8.70. The van der Waals surface area contributed by atoms with E-state index in [2.05, 4.69) is 20.6 Å². The number of carbonyl (C=O) groups excluding carboxylic acids is 1. The number of hydrogen-bond donors (Lipinski definition) is 2. The molecule has 0 aliphatic carbocycles. The average Bonchev–Trinajstić information content (AvgIpc) is 3.02. The lowest BCUT2D eigenvalue weighted by Crippen LogP contribution is -2.29. The molecular formula is C20H24N4O. The Hall–Kier alpha value is -2.69. The Morgan fingerprint density at radius 2 is 2.04 bits per heavy atom. The molecule has 1 aromatic carbocycles. The van der Waals surface area contributed by atoms with Crippen LogP contribution in [0.2, 0.25) is 0 Å². The lowest BCUT2D eigenvalue weighted by Gasteiger charge is -2.15. The standard InChI is InChI=1S/C20H24N4O/c1-4-21-20-17-12-22-18(13(2)16(17)11-23-20)10-19(25)24-14(3)15-8-6-5-7-9-15/h5-9,12,14H,4,10-11H2,1-3H3,(H,21,23)(H,24,25)/t14-/m1/s1. The first kappa shape index (κ1) is 17.1. The fourth-order valence-electron chi connectivity index (χ4n) is 3.11. The molecule has 5 heteroatoms. The Morgan fingerprint density at radius 3 is 2.76 bits per heavy atom. The lowest BCUT2D eigenvalue weighted by molar-refractivity contribution is -0.121. The lowest BCUT2D eigenvalue weighted by atomic mass is 10.0. The van der Waals surface area contributed by atoms with Gasteiger partial charge in [-0.1, -0.05) is 30.3 Å². The minimum Gasteiger partial charge on any atom is -0.370 e. The zero-order valence-electron chi connectivity index (χ0n) is 15.0. The SMILES string of the molecule is CCNC1=NCc2c1cnc(CC(=O)N[C@H](C)c1ccccc1)c2C. The summed E-state index contributed by atoms with van der Waals surface area (Å²) in [5, 5.41) is 6.31. The normalized spacial score (nSPS) is 13.8. The summed E-state index contributed by atoms with van der Waals surface area (Å²) in [6, 6.07) is 9.94. The summed E-state index contributed by atoms with van der Waals surface area (Å²) in [4.78, 5) is 21.5. The first-order valence-electron chi connectivity index (χ1n) is 8.70. The van der Waals surface area contributed by atoms with Crippen molar-refractivity contribution < 1.29 is 4.79 Å². The van der Waals surface area contributed by atoms with E-state index in [1.165, 1.54) is 5.56 Å². The molecule has 2 N–H and O–H groups in total. The highest BCUT2D eigenvalue weighted by Gasteiger charge is 2.21. The monoisotopic (exact) mass is 336 g/mol. The highest BCUT2D eigenvalue weighted by molar-refractivity contribution is 6.02. The molecule has 1 amide bonds. The van der Waals surface area contributed by atoms with E-state index in [1.54, 1.807) is 0 Å². The van der Waals surface area contributed by atoms with Crippen molar-refractivity contribution in [3.05, 3.63) is 64.5 Å². The van der Waals surface area contributed by atoms with E-state index in [0.29, 0.717) is 6.54 Å². The van der Waals surface area contributed by atoms with E-state index >= 15 is 0 Å². The van der Waals surface area contributed by atoms with Gasteiger partial charge in [0.2, 0.25) is 5.91 Å². The second kappa shape index (κ2) is 7.47. The molecule has 25 heavy (non-hydrogen) atoms.